The van der Waals surface area contributed by atoms with E-state index in [1.165, 1.54) is 4.88 Å². The molecule has 0 aliphatic rings. The molecule has 0 fully saturated rings. The van der Waals surface area contributed by atoms with Crippen molar-refractivity contribution in [2.75, 3.05) is 0 Å². The Bertz CT molecular complexity index is 477. The van der Waals surface area contributed by atoms with Crippen LogP contribution in [-0.4, -0.2) is 26.2 Å². The number of nitrogens with one attached hydrogen (secondary N) is 1. The quantitative estimate of drug-likeness (QED) is 0.846. The summed E-state index contributed by atoms with van der Waals surface area (Å²) < 4.78 is 1.96. The molecule has 0 aliphatic carbocycles. The lowest BCUT2D eigenvalue weighted by Crippen LogP contribution is -2.25. The van der Waals surface area contributed by atoms with Crippen LogP contribution in [0.25, 0.3) is 0 Å². The van der Waals surface area contributed by atoms with Gasteiger partial charge < -0.3 is 5.32 Å². The molecular weight excluding hydrogens is 258 g/mol. The number of aromatic nitrogens is 4. The molecule has 2 heterocycles. The first kappa shape index (κ1) is 14.1. The van der Waals surface area contributed by atoms with Crippen LogP contribution >= 0.6 is 11.3 Å². The zero-order chi connectivity index (χ0) is 13.7. The molecule has 1 unspecified atom stereocenters. The van der Waals surface area contributed by atoms with Gasteiger partial charge in [-0.3, -0.25) is 0 Å². The highest BCUT2D eigenvalue weighted by atomic mass is 32.1. The van der Waals surface area contributed by atoms with Gasteiger partial charge in [-0.15, -0.1) is 16.4 Å². The van der Waals surface area contributed by atoms with Gasteiger partial charge in [0.05, 0.1) is 12.6 Å². The Morgan fingerprint density at radius 3 is 2.89 bits per heavy atom. The van der Waals surface area contributed by atoms with Crippen molar-refractivity contribution in [1.29, 1.82) is 0 Å². The minimum Gasteiger partial charge on any atom is -0.308 e. The van der Waals surface area contributed by atoms with Gasteiger partial charge in [0.25, 0.3) is 0 Å². The Labute approximate surface area is 118 Å². The van der Waals surface area contributed by atoms with Crippen LogP contribution in [0.2, 0.25) is 0 Å². The molecule has 2 aromatic rings. The van der Waals surface area contributed by atoms with Gasteiger partial charge in [-0.2, -0.15) is 0 Å². The topological polar surface area (TPSA) is 55.6 Å². The number of hydrogen-bond donors (Lipinski definition) is 1. The van der Waals surface area contributed by atoms with Crippen LogP contribution < -0.4 is 5.32 Å². The SMILES string of the molecule is CCCC(c1cccs1)n1nnnc1CNC(C)C. The van der Waals surface area contributed by atoms with Gasteiger partial charge in [-0.25, -0.2) is 4.68 Å². The molecule has 0 bridgehead atoms. The summed E-state index contributed by atoms with van der Waals surface area (Å²) >= 11 is 1.77. The summed E-state index contributed by atoms with van der Waals surface area (Å²) in [5, 5.41) is 17.7. The minimum absolute atomic E-state index is 0.254. The van der Waals surface area contributed by atoms with Crippen LogP contribution in [0, 0.1) is 0 Å². The number of tetrazole rings is 1. The maximum atomic E-state index is 4.19. The number of nitrogens with zero attached hydrogens (tertiary/aromatic N) is 4. The summed E-state index contributed by atoms with van der Waals surface area (Å²) in [6.45, 7) is 7.14. The van der Waals surface area contributed by atoms with E-state index in [0.717, 1.165) is 18.7 Å². The zero-order valence-electron chi connectivity index (χ0n) is 11.7. The van der Waals surface area contributed by atoms with Gasteiger partial charge in [0.2, 0.25) is 0 Å². The zero-order valence-corrected chi connectivity index (χ0v) is 12.5. The third kappa shape index (κ3) is 3.61. The molecule has 0 aromatic carbocycles. The molecule has 5 nitrogen and oxygen atoms in total. The van der Waals surface area contributed by atoms with E-state index in [2.05, 4.69) is 59.1 Å². The summed E-state index contributed by atoms with van der Waals surface area (Å²) in [7, 11) is 0. The monoisotopic (exact) mass is 279 g/mol. The fraction of sp³-hybridized carbons (Fsp3) is 0.615. The number of hydrogen-bond acceptors (Lipinski definition) is 5. The Kier molecular flexibility index (Phi) is 5.04. The lowest BCUT2D eigenvalue weighted by atomic mass is 10.1. The molecular formula is C13H21N5S. The number of thiophene rings is 1. The van der Waals surface area contributed by atoms with Gasteiger partial charge in [0.1, 0.15) is 0 Å². The van der Waals surface area contributed by atoms with E-state index in [1.54, 1.807) is 11.3 Å². The second-order valence-corrected chi connectivity index (χ2v) is 5.87. The lowest BCUT2D eigenvalue weighted by molar-refractivity contribution is 0.447. The normalized spacial score (nSPS) is 13.1. The summed E-state index contributed by atoms with van der Waals surface area (Å²) in [5.74, 6) is 0.903. The highest BCUT2D eigenvalue weighted by Gasteiger charge is 2.19. The van der Waals surface area contributed by atoms with Crippen LogP contribution in [0.3, 0.4) is 0 Å². The van der Waals surface area contributed by atoms with E-state index in [4.69, 9.17) is 0 Å². The Morgan fingerprint density at radius 1 is 1.42 bits per heavy atom. The minimum atomic E-state index is 0.254. The molecule has 6 heteroatoms. The standard InChI is InChI=1S/C13H21N5S/c1-4-6-11(12-7-5-8-19-12)18-13(15-16-17-18)9-14-10(2)3/h5,7-8,10-11,14H,4,6,9H2,1-3H3. The smallest absolute Gasteiger partial charge is 0.165 e. The summed E-state index contributed by atoms with van der Waals surface area (Å²) in [6, 6.07) is 4.92. The summed E-state index contributed by atoms with van der Waals surface area (Å²) in [4.78, 5) is 1.32. The van der Waals surface area contributed by atoms with Crippen LogP contribution in [0.1, 0.15) is 50.4 Å². The van der Waals surface area contributed by atoms with Crippen molar-refractivity contribution in [3.8, 4) is 0 Å². The number of rotatable bonds is 7. The predicted molar refractivity (Wildman–Crippen MR) is 77.2 cm³/mol. The lowest BCUT2D eigenvalue weighted by Gasteiger charge is -2.17. The molecule has 1 atom stereocenters. The largest absolute Gasteiger partial charge is 0.308 e. The van der Waals surface area contributed by atoms with Crippen molar-refractivity contribution in [3.05, 3.63) is 28.2 Å². The maximum absolute atomic E-state index is 4.19. The Hall–Kier alpha value is -1.27. The van der Waals surface area contributed by atoms with E-state index >= 15 is 0 Å². The van der Waals surface area contributed by atoms with Gasteiger partial charge >= 0.3 is 0 Å². The van der Waals surface area contributed by atoms with Crippen molar-refractivity contribution in [3.63, 3.8) is 0 Å². The van der Waals surface area contributed by atoms with Gasteiger partial charge in [0, 0.05) is 10.9 Å². The predicted octanol–water partition coefficient (Wildman–Crippen LogP) is 2.62. The van der Waals surface area contributed by atoms with E-state index in [9.17, 15) is 0 Å². The Morgan fingerprint density at radius 2 is 2.26 bits per heavy atom. The average Bonchev–Trinajstić information content (AvgIpc) is 3.04. The first-order valence-corrected chi connectivity index (χ1v) is 7.63. The molecule has 0 saturated carbocycles. The van der Waals surface area contributed by atoms with Crippen LogP contribution in [0.4, 0.5) is 0 Å². The van der Waals surface area contributed by atoms with Gasteiger partial charge in [0.15, 0.2) is 5.82 Å². The second kappa shape index (κ2) is 6.77. The van der Waals surface area contributed by atoms with Gasteiger partial charge in [-0.05, 0) is 28.3 Å². The Balaban J connectivity index is 2.20. The highest BCUT2D eigenvalue weighted by Crippen LogP contribution is 2.27. The van der Waals surface area contributed by atoms with E-state index in [1.807, 2.05) is 4.68 Å². The fourth-order valence-electron chi connectivity index (χ4n) is 2.01. The van der Waals surface area contributed by atoms with E-state index < -0.39 is 0 Å². The van der Waals surface area contributed by atoms with Crippen molar-refractivity contribution in [2.24, 2.45) is 0 Å². The fourth-order valence-corrected chi connectivity index (χ4v) is 2.85. The van der Waals surface area contributed by atoms with Crippen molar-refractivity contribution in [1.82, 2.24) is 25.5 Å². The van der Waals surface area contributed by atoms with Crippen LogP contribution in [0.5, 0.6) is 0 Å². The molecule has 0 spiro atoms. The van der Waals surface area contributed by atoms with E-state index in [-0.39, 0.29) is 6.04 Å². The highest BCUT2D eigenvalue weighted by molar-refractivity contribution is 7.10. The molecule has 19 heavy (non-hydrogen) atoms. The first-order valence-electron chi connectivity index (χ1n) is 6.76. The molecule has 0 saturated heterocycles. The van der Waals surface area contributed by atoms with Crippen molar-refractivity contribution >= 4 is 11.3 Å². The average molecular weight is 279 g/mol. The third-order valence-electron chi connectivity index (χ3n) is 2.96. The summed E-state index contributed by atoms with van der Waals surface area (Å²) in [6.07, 6.45) is 2.17. The van der Waals surface area contributed by atoms with E-state index in [0.29, 0.717) is 12.6 Å². The molecule has 2 aromatic heterocycles. The molecule has 1 N–H and O–H groups in total. The molecule has 104 valence electrons. The van der Waals surface area contributed by atoms with Crippen molar-refractivity contribution in [2.45, 2.75) is 52.2 Å². The maximum Gasteiger partial charge on any atom is 0.165 e. The van der Waals surface area contributed by atoms with Crippen molar-refractivity contribution < 1.29 is 0 Å². The third-order valence-corrected chi connectivity index (χ3v) is 3.93. The van der Waals surface area contributed by atoms with Crippen LogP contribution in [0.15, 0.2) is 17.5 Å². The summed E-state index contributed by atoms with van der Waals surface area (Å²) in [5.41, 5.74) is 0. The van der Waals surface area contributed by atoms with Gasteiger partial charge in [-0.1, -0.05) is 33.3 Å². The molecule has 0 amide bonds. The second-order valence-electron chi connectivity index (χ2n) is 4.90. The first-order chi connectivity index (χ1) is 9.22. The molecule has 2 rings (SSSR count). The molecule has 0 radical (unpaired) electrons. The van der Waals surface area contributed by atoms with Crippen LogP contribution in [-0.2, 0) is 6.54 Å². The molecule has 0 aliphatic heterocycles.